The van der Waals surface area contributed by atoms with Crippen LogP contribution in [0.1, 0.15) is 32.6 Å². The number of alkyl halides is 3. The average Bonchev–Trinajstić information content (AvgIpc) is 2.64. The molecule has 0 aromatic rings. The SMILES string of the molecule is CCCC[NH+]1CCCC1.O=S(=O)([O-])C(F)(F)F. The summed E-state index contributed by atoms with van der Waals surface area (Å²) in [6.45, 7) is 6.59. The molecule has 1 heterocycles. The van der Waals surface area contributed by atoms with Crippen LogP contribution < -0.4 is 4.90 Å². The predicted molar refractivity (Wildman–Crippen MR) is 55.5 cm³/mol. The number of rotatable bonds is 3. The quantitative estimate of drug-likeness (QED) is 0.604. The molecule has 4 nitrogen and oxygen atoms in total. The van der Waals surface area contributed by atoms with Gasteiger partial charge in [0.05, 0.1) is 19.6 Å². The Hall–Kier alpha value is -0.340. The van der Waals surface area contributed by atoms with Crippen LogP contribution in [0.15, 0.2) is 0 Å². The fourth-order valence-electron chi connectivity index (χ4n) is 1.55. The third-order valence-electron chi connectivity index (χ3n) is 2.48. The van der Waals surface area contributed by atoms with Gasteiger partial charge in [0.2, 0.25) is 0 Å². The van der Waals surface area contributed by atoms with Gasteiger partial charge in [0, 0.05) is 12.8 Å². The summed E-state index contributed by atoms with van der Waals surface area (Å²) < 4.78 is 58.9. The van der Waals surface area contributed by atoms with Crippen LogP contribution in [0.25, 0.3) is 0 Å². The Kier molecular flexibility index (Phi) is 7.03. The zero-order valence-corrected chi connectivity index (χ0v) is 10.5. The van der Waals surface area contributed by atoms with Crippen molar-refractivity contribution in [3.63, 3.8) is 0 Å². The molecule has 1 saturated heterocycles. The topological polar surface area (TPSA) is 61.6 Å². The average molecular weight is 277 g/mol. The van der Waals surface area contributed by atoms with Crippen molar-refractivity contribution < 1.29 is 31.0 Å². The van der Waals surface area contributed by atoms with Crippen molar-refractivity contribution in [2.24, 2.45) is 0 Å². The summed E-state index contributed by atoms with van der Waals surface area (Å²) in [6, 6.07) is 0. The molecule has 104 valence electrons. The predicted octanol–water partition coefficient (Wildman–Crippen LogP) is 0.517. The summed E-state index contributed by atoms with van der Waals surface area (Å²) in [7, 11) is -6.09. The summed E-state index contributed by atoms with van der Waals surface area (Å²) >= 11 is 0. The summed E-state index contributed by atoms with van der Waals surface area (Å²) in [4.78, 5) is 1.84. The highest BCUT2D eigenvalue weighted by molar-refractivity contribution is 7.86. The molecule has 0 aromatic heterocycles. The molecule has 1 rings (SSSR count). The molecule has 0 aromatic carbocycles. The largest absolute Gasteiger partial charge is 0.741 e. The Morgan fingerprint density at radius 1 is 1.24 bits per heavy atom. The van der Waals surface area contributed by atoms with Crippen LogP contribution in [-0.4, -0.2) is 38.1 Å². The van der Waals surface area contributed by atoms with Gasteiger partial charge in [0.1, 0.15) is 0 Å². The second-order valence-electron chi connectivity index (χ2n) is 3.96. The lowest BCUT2D eigenvalue weighted by molar-refractivity contribution is -0.887. The molecular weight excluding hydrogens is 259 g/mol. The third-order valence-corrected chi connectivity index (χ3v) is 3.04. The lowest BCUT2D eigenvalue weighted by atomic mass is 10.3. The van der Waals surface area contributed by atoms with Crippen LogP contribution >= 0.6 is 0 Å². The van der Waals surface area contributed by atoms with E-state index in [4.69, 9.17) is 13.0 Å². The van der Waals surface area contributed by atoms with Gasteiger partial charge in [0.25, 0.3) is 0 Å². The van der Waals surface area contributed by atoms with Crippen molar-refractivity contribution in [3.05, 3.63) is 0 Å². The highest BCUT2D eigenvalue weighted by Crippen LogP contribution is 2.20. The van der Waals surface area contributed by atoms with Crippen molar-refractivity contribution in [1.29, 1.82) is 0 Å². The monoisotopic (exact) mass is 277 g/mol. The minimum Gasteiger partial charge on any atom is -0.741 e. The third kappa shape index (κ3) is 7.56. The van der Waals surface area contributed by atoms with Crippen molar-refractivity contribution in [2.75, 3.05) is 19.6 Å². The standard InChI is InChI=1S/C8H17N.CHF3O3S/c1-2-3-6-9-7-4-5-8-9;2-1(3,4)8(5,6)7/h2-8H2,1H3;(H,5,6,7). The molecule has 0 radical (unpaired) electrons. The van der Waals surface area contributed by atoms with E-state index in [1.807, 2.05) is 4.90 Å². The molecule has 17 heavy (non-hydrogen) atoms. The van der Waals surface area contributed by atoms with Crippen molar-refractivity contribution >= 4 is 10.1 Å². The van der Waals surface area contributed by atoms with E-state index >= 15 is 0 Å². The first kappa shape index (κ1) is 16.7. The molecule has 0 unspecified atom stereocenters. The lowest BCUT2D eigenvalue weighted by Crippen LogP contribution is -3.09. The molecule has 0 atom stereocenters. The highest BCUT2D eigenvalue weighted by atomic mass is 32.2. The van der Waals surface area contributed by atoms with Crippen molar-refractivity contribution in [2.45, 2.75) is 38.1 Å². The maximum atomic E-state index is 10.7. The molecule has 1 fully saturated rings. The Morgan fingerprint density at radius 3 is 1.94 bits per heavy atom. The second kappa shape index (κ2) is 7.17. The Labute approximate surface area is 99.5 Å². The fraction of sp³-hybridized carbons (Fsp3) is 1.00. The first-order chi connectivity index (χ1) is 7.68. The number of nitrogens with one attached hydrogen (secondary N) is 1. The van der Waals surface area contributed by atoms with Gasteiger partial charge < -0.3 is 9.45 Å². The van der Waals surface area contributed by atoms with Gasteiger partial charge in [-0.05, 0) is 6.42 Å². The Bertz CT molecular complexity index is 297. The summed E-state index contributed by atoms with van der Waals surface area (Å²) in [5.74, 6) is 0. The van der Waals surface area contributed by atoms with E-state index in [0.29, 0.717) is 0 Å². The van der Waals surface area contributed by atoms with E-state index in [-0.39, 0.29) is 0 Å². The molecule has 0 amide bonds. The number of unbranched alkanes of at least 4 members (excludes halogenated alkanes) is 1. The normalized spacial score (nSPS) is 17.7. The van der Waals surface area contributed by atoms with Crippen LogP contribution in [0.3, 0.4) is 0 Å². The minimum absolute atomic E-state index is 1.36. The van der Waals surface area contributed by atoms with E-state index in [9.17, 15) is 13.2 Å². The summed E-state index contributed by atoms with van der Waals surface area (Å²) in [5, 5.41) is 0. The molecule has 8 heteroatoms. The molecule has 1 aliphatic heterocycles. The van der Waals surface area contributed by atoms with E-state index in [1.165, 1.54) is 45.3 Å². The van der Waals surface area contributed by atoms with Gasteiger partial charge in [-0.15, -0.1) is 0 Å². The van der Waals surface area contributed by atoms with E-state index in [1.54, 1.807) is 0 Å². The smallest absolute Gasteiger partial charge is 0.485 e. The van der Waals surface area contributed by atoms with Crippen LogP contribution in [0, 0.1) is 0 Å². The maximum Gasteiger partial charge on any atom is 0.485 e. The Morgan fingerprint density at radius 2 is 1.65 bits per heavy atom. The van der Waals surface area contributed by atoms with Gasteiger partial charge in [-0.3, -0.25) is 0 Å². The minimum atomic E-state index is -6.09. The van der Waals surface area contributed by atoms with Crippen molar-refractivity contribution in [1.82, 2.24) is 0 Å². The van der Waals surface area contributed by atoms with Gasteiger partial charge in [0.15, 0.2) is 10.1 Å². The molecular formula is C9H18F3NO3S. The number of hydrogen-bond donors (Lipinski definition) is 1. The fourth-order valence-corrected chi connectivity index (χ4v) is 1.55. The molecule has 1 N–H and O–H groups in total. The van der Waals surface area contributed by atoms with Gasteiger partial charge in [-0.2, -0.15) is 13.2 Å². The van der Waals surface area contributed by atoms with Crippen LogP contribution in [-0.2, 0) is 10.1 Å². The number of hydrogen-bond acceptors (Lipinski definition) is 3. The molecule has 1 aliphatic rings. The molecule has 0 aliphatic carbocycles. The van der Waals surface area contributed by atoms with Crippen LogP contribution in [0.2, 0.25) is 0 Å². The molecule has 0 saturated carbocycles. The molecule has 0 bridgehead atoms. The first-order valence-electron chi connectivity index (χ1n) is 5.54. The van der Waals surface area contributed by atoms with E-state index < -0.39 is 15.6 Å². The van der Waals surface area contributed by atoms with Crippen molar-refractivity contribution in [3.8, 4) is 0 Å². The summed E-state index contributed by atoms with van der Waals surface area (Å²) in [6.07, 6.45) is 5.73. The second-order valence-corrected chi connectivity index (χ2v) is 5.33. The van der Waals surface area contributed by atoms with Crippen LogP contribution in [0.5, 0.6) is 0 Å². The maximum absolute atomic E-state index is 10.7. The Balaban J connectivity index is 0.000000304. The zero-order valence-electron chi connectivity index (χ0n) is 9.72. The molecule has 0 spiro atoms. The zero-order chi connectivity index (χ0) is 13.5. The number of halogens is 3. The number of likely N-dealkylation sites (tertiary alicyclic amines) is 1. The van der Waals surface area contributed by atoms with Gasteiger partial charge in [-0.25, -0.2) is 8.42 Å². The lowest BCUT2D eigenvalue weighted by Gasteiger charge is -2.09. The van der Waals surface area contributed by atoms with Crippen LogP contribution in [0.4, 0.5) is 13.2 Å². The summed E-state index contributed by atoms with van der Waals surface area (Å²) in [5.41, 5.74) is -5.65. The number of quaternary nitrogens is 1. The first-order valence-corrected chi connectivity index (χ1v) is 6.95. The van der Waals surface area contributed by atoms with Gasteiger partial charge >= 0.3 is 5.51 Å². The highest BCUT2D eigenvalue weighted by Gasteiger charge is 2.36. The van der Waals surface area contributed by atoms with Gasteiger partial charge in [-0.1, -0.05) is 13.3 Å². The van der Waals surface area contributed by atoms with E-state index in [2.05, 4.69) is 6.92 Å². The van der Waals surface area contributed by atoms with E-state index in [0.717, 1.165) is 0 Å².